The van der Waals surface area contributed by atoms with Crippen LogP contribution >= 0.6 is 0 Å². The molecular weight excluding hydrogens is 236 g/mol. The van der Waals surface area contributed by atoms with Crippen LogP contribution in [0.15, 0.2) is 11.6 Å². The lowest BCUT2D eigenvalue weighted by Crippen LogP contribution is -2.30. The van der Waals surface area contributed by atoms with Gasteiger partial charge in [-0.3, -0.25) is 14.4 Å². The average molecular weight is 254 g/mol. The predicted molar refractivity (Wildman–Crippen MR) is 63.6 cm³/mol. The molecule has 0 spiro atoms. The molecule has 0 radical (unpaired) electrons. The molecule has 0 N–H and O–H groups in total. The zero-order chi connectivity index (χ0) is 14.1. The van der Waals surface area contributed by atoms with Crippen LogP contribution in [0.2, 0.25) is 0 Å². The molecule has 0 bridgehead atoms. The van der Waals surface area contributed by atoms with E-state index in [1.165, 1.54) is 21.1 Å². The highest BCUT2D eigenvalue weighted by atomic mass is 16.5. The van der Waals surface area contributed by atoms with Crippen molar-refractivity contribution in [2.24, 2.45) is 17.3 Å². The van der Waals surface area contributed by atoms with Crippen molar-refractivity contribution in [3.05, 3.63) is 11.6 Å². The van der Waals surface area contributed by atoms with E-state index in [2.05, 4.69) is 9.47 Å². The van der Waals surface area contributed by atoms with Crippen molar-refractivity contribution in [3.63, 3.8) is 0 Å². The molecule has 1 fully saturated rings. The topological polar surface area (TPSA) is 69.7 Å². The molecule has 1 aliphatic carbocycles. The highest BCUT2D eigenvalue weighted by Gasteiger charge is 2.76. The largest absolute Gasteiger partial charge is 0.469 e. The van der Waals surface area contributed by atoms with Gasteiger partial charge < -0.3 is 9.47 Å². The highest BCUT2D eigenvalue weighted by molar-refractivity contribution is 6.12. The molecule has 3 atom stereocenters. The van der Waals surface area contributed by atoms with Gasteiger partial charge in [-0.15, -0.1) is 0 Å². The number of ketones is 1. The zero-order valence-electron chi connectivity index (χ0n) is 11.3. The number of ether oxygens (including phenoxy) is 2. The molecule has 0 aromatic rings. The number of rotatable bonds is 4. The van der Waals surface area contributed by atoms with Crippen LogP contribution in [-0.2, 0) is 23.9 Å². The van der Waals surface area contributed by atoms with Gasteiger partial charge in [0, 0.05) is 5.92 Å². The molecule has 1 saturated carbocycles. The zero-order valence-corrected chi connectivity index (χ0v) is 11.3. The molecular formula is C13H18O5. The first kappa shape index (κ1) is 14.4. The quantitative estimate of drug-likeness (QED) is 0.427. The Labute approximate surface area is 106 Å². The summed E-state index contributed by atoms with van der Waals surface area (Å²) in [6.45, 7) is 4.98. The number of hydrogen-bond acceptors (Lipinski definition) is 5. The van der Waals surface area contributed by atoms with Gasteiger partial charge in [-0.2, -0.15) is 0 Å². The Kier molecular flexibility index (Phi) is 3.94. The van der Waals surface area contributed by atoms with Crippen LogP contribution in [0.4, 0.5) is 0 Å². The Balaban J connectivity index is 3.23. The van der Waals surface area contributed by atoms with Crippen molar-refractivity contribution in [1.82, 2.24) is 0 Å². The molecule has 0 aromatic carbocycles. The number of carbonyl (C=O) groups excluding carboxylic acids is 3. The summed E-state index contributed by atoms with van der Waals surface area (Å²) in [4.78, 5) is 35.4. The molecule has 0 heterocycles. The Morgan fingerprint density at radius 1 is 1.06 bits per heavy atom. The maximum Gasteiger partial charge on any atom is 0.320 e. The summed E-state index contributed by atoms with van der Waals surface area (Å²) >= 11 is 0. The van der Waals surface area contributed by atoms with E-state index in [0.29, 0.717) is 0 Å². The smallest absolute Gasteiger partial charge is 0.320 e. The molecule has 100 valence electrons. The van der Waals surface area contributed by atoms with Crippen LogP contribution in [-0.4, -0.2) is 31.9 Å². The maximum absolute atomic E-state index is 11.9. The minimum absolute atomic E-state index is 0.368. The third kappa shape index (κ3) is 1.94. The minimum atomic E-state index is -1.40. The lowest BCUT2D eigenvalue weighted by Gasteiger charge is -2.10. The average Bonchev–Trinajstić information content (AvgIpc) is 2.95. The Bertz CT molecular complexity index is 419. The fraction of sp³-hybridized carbons (Fsp3) is 0.615. The van der Waals surface area contributed by atoms with E-state index in [9.17, 15) is 14.4 Å². The van der Waals surface area contributed by atoms with Gasteiger partial charge in [0.15, 0.2) is 0 Å². The Morgan fingerprint density at radius 2 is 1.61 bits per heavy atom. The second-order valence-corrected chi connectivity index (χ2v) is 4.69. The van der Waals surface area contributed by atoms with Crippen LogP contribution < -0.4 is 0 Å². The first-order chi connectivity index (χ1) is 8.33. The van der Waals surface area contributed by atoms with Gasteiger partial charge in [-0.1, -0.05) is 11.6 Å². The van der Waals surface area contributed by atoms with E-state index in [1.54, 1.807) is 6.08 Å². The van der Waals surface area contributed by atoms with E-state index in [1.807, 2.05) is 13.8 Å². The normalized spacial score (nSPS) is 29.2. The summed E-state index contributed by atoms with van der Waals surface area (Å²) < 4.78 is 9.34. The van der Waals surface area contributed by atoms with E-state index in [4.69, 9.17) is 0 Å². The predicted octanol–water partition coefficient (Wildman–Crippen LogP) is 1.12. The standard InChI is InChI=1S/C13H18O5/c1-7(2)6-9-10(11(15)17-4)13(9,8(3)14)12(16)18-5/h6,9-10H,1-5H3/t9-,10+,13+/m1/s1. The molecule has 1 rings (SSSR count). The number of methoxy groups -OCH3 is 2. The van der Waals surface area contributed by atoms with Crippen molar-refractivity contribution in [2.75, 3.05) is 14.2 Å². The van der Waals surface area contributed by atoms with Crippen LogP contribution in [0.3, 0.4) is 0 Å². The molecule has 0 unspecified atom stereocenters. The molecule has 0 saturated heterocycles. The second-order valence-electron chi connectivity index (χ2n) is 4.69. The fourth-order valence-corrected chi connectivity index (χ4v) is 2.49. The molecule has 0 aliphatic heterocycles. The first-order valence-corrected chi connectivity index (χ1v) is 5.66. The van der Waals surface area contributed by atoms with Crippen molar-refractivity contribution in [2.45, 2.75) is 20.8 Å². The second kappa shape index (κ2) is 4.92. The lowest BCUT2D eigenvalue weighted by atomic mass is 9.96. The van der Waals surface area contributed by atoms with Crippen LogP contribution in [0.1, 0.15) is 20.8 Å². The maximum atomic E-state index is 11.9. The highest BCUT2D eigenvalue weighted by Crippen LogP contribution is 2.61. The number of Topliss-reactive ketones (excluding diaryl/α,β-unsaturated/α-hetero) is 1. The monoisotopic (exact) mass is 254 g/mol. The summed E-state index contributed by atoms with van der Waals surface area (Å²) in [7, 11) is 2.45. The summed E-state index contributed by atoms with van der Waals surface area (Å²) in [5.41, 5.74) is -0.472. The minimum Gasteiger partial charge on any atom is -0.469 e. The van der Waals surface area contributed by atoms with Gasteiger partial charge in [0.2, 0.25) is 0 Å². The van der Waals surface area contributed by atoms with Gasteiger partial charge in [-0.25, -0.2) is 0 Å². The molecule has 5 heteroatoms. The third-order valence-electron chi connectivity index (χ3n) is 3.34. The molecule has 1 aliphatic rings. The number of carbonyl (C=O) groups is 3. The van der Waals surface area contributed by atoms with E-state index < -0.39 is 29.2 Å². The van der Waals surface area contributed by atoms with Crippen molar-refractivity contribution in [3.8, 4) is 0 Å². The number of allylic oxidation sites excluding steroid dienone is 2. The van der Waals surface area contributed by atoms with Gasteiger partial charge in [0.1, 0.15) is 11.2 Å². The van der Waals surface area contributed by atoms with Crippen molar-refractivity contribution >= 4 is 17.7 Å². The number of hydrogen-bond donors (Lipinski definition) is 0. The van der Waals surface area contributed by atoms with Gasteiger partial charge in [0.25, 0.3) is 0 Å². The van der Waals surface area contributed by atoms with Crippen LogP contribution in [0, 0.1) is 17.3 Å². The molecule has 18 heavy (non-hydrogen) atoms. The van der Waals surface area contributed by atoms with Crippen LogP contribution in [0.25, 0.3) is 0 Å². The SMILES string of the molecule is COC(=O)[C@@H]1[C@@H](C=C(C)C)[C@]1(C(C)=O)C(=O)OC. The van der Waals surface area contributed by atoms with Gasteiger partial charge >= 0.3 is 11.9 Å². The van der Waals surface area contributed by atoms with Crippen molar-refractivity contribution < 1.29 is 23.9 Å². The first-order valence-electron chi connectivity index (χ1n) is 5.66. The van der Waals surface area contributed by atoms with E-state index in [-0.39, 0.29) is 5.78 Å². The van der Waals surface area contributed by atoms with E-state index in [0.717, 1.165) is 5.57 Å². The van der Waals surface area contributed by atoms with E-state index >= 15 is 0 Å². The summed E-state index contributed by atoms with van der Waals surface area (Å²) in [6.07, 6.45) is 1.75. The number of esters is 2. The van der Waals surface area contributed by atoms with Crippen molar-refractivity contribution in [1.29, 1.82) is 0 Å². The summed E-state index contributed by atoms with van der Waals surface area (Å²) in [6, 6.07) is 0. The summed E-state index contributed by atoms with van der Waals surface area (Å²) in [5.74, 6) is -2.85. The Morgan fingerprint density at radius 3 is 1.94 bits per heavy atom. The summed E-state index contributed by atoms with van der Waals surface area (Å²) in [5, 5.41) is 0. The van der Waals surface area contributed by atoms with Crippen LogP contribution in [0.5, 0.6) is 0 Å². The fourth-order valence-electron chi connectivity index (χ4n) is 2.49. The van der Waals surface area contributed by atoms with Gasteiger partial charge in [-0.05, 0) is 20.8 Å². The lowest BCUT2D eigenvalue weighted by molar-refractivity contribution is -0.156. The molecule has 0 aromatic heterocycles. The molecule has 0 amide bonds. The van der Waals surface area contributed by atoms with Gasteiger partial charge in [0.05, 0.1) is 20.1 Å². The molecule has 5 nitrogen and oxygen atoms in total. The third-order valence-corrected chi connectivity index (χ3v) is 3.34. The Hall–Kier alpha value is -1.65.